The second-order valence-electron chi connectivity index (χ2n) is 3.55. The van der Waals surface area contributed by atoms with E-state index in [0.29, 0.717) is 5.92 Å². The number of hydrogen-bond acceptors (Lipinski definition) is 1. The number of carboxylic acid groups (broad SMARTS) is 1. The topological polar surface area (TPSA) is 37.3 Å². The third-order valence-corrected chi connectivity index (χ3v) is 2.64. The molecule has 1 aliphatic carbocycles. The fourth-order valence-corrected chi connectivity index (χ4v) is 1.93. The Morgan fingerprint density at radius 3 is 2.85 bits per heavy atom. The first kappa shape index (κ1) is 10.1. The zero-order valence-electron chi connectivity index (χ0n) is 8.05. The van der Waals surface area contributed by atoms with E-state index in [9.17, 15) is 4.79 Å². The van der Waals surface area contributed by atoms with E-state index in [-0.39, 0.29) is 5.92 Å². The van der Waals surface area contributed by atoms with Crippen LogP contribution < -0.4 is 0 Å². The van der Waals surface area contributed by atoms with Crippen LogP contribution >= 0.6 is 0 Å². The second kappa shape index (κ2) is 4.91. The van der Waals surface area contributed by atoms with Crippen LogP contribution in [-0.2, 0) is 4.79 Å². The zero-order valence-corrected chi connectivity index (χ0v) is 8.05. The van der Waals surface area contributed by atoms with Gasteiger partial charge >= 0.3 is 5.97 Å². The summed E-state index contributed by atoms with van der Waals surface area (Å²) < 4.78 is 0. The number of aliphatic carboxylic acids is 1. The van der Waals surface area contributed by atoms with Crippen LogP contribution in [0.3, 0.4) is 0 Å². The van der Waals surface area contributed by atoms with Crippen molar-refractivity contribution in [3.05, 3.63) is 0 Å². The molecule has 2 unspecified atom stereocenters. The van der Waals surface area contributed by atoms with Crippen LogP contribution in [0.25, 0.3) is 0 Å². The van der Waals surface area contributed by atoms with E-state index in [1.807, 2.05) is 6.92 Å². The molecule has 0 bridgehead atoms. The van der Waals surface area contributed by atoms with Gasteiger partial charge in [-0.25, -0.2) is 0 Å². The van der Waals surface area contributed by atoms with Gasteiger partial charge < -0.3 is 5.11 Å². The van der Waals surface area contributed by atoms with E-state index in [4.69, 9.17) is 5.11 Å². The highest BCUT2D eigenvalue weighted by Gasteiger charge is 2.31. The molecule has 0 aromatic rings. The monoisotopic (exact) mass is 180 g/mol. The van der Waals surface area contributed by atoms with Gasteiger partial charge in [0.25, 0.3) is 0 Å². The normalized spacial score (nSPS) is 26.5. The molecule has 1 saturated carbocycles. The van der Waals surface area contributed by atoms with Crippen molar-refractivity contribution >= 4 is 5.97 Å². The van der Waals surface area contributed by atoms with Crippen LogP contribution in [0.2, 0.25) is 0 Å². The van der Waals surface area contributed by atoms with Crippen molar-refractivity contribution in [2.75, 3.05) is 0 Å². The van der Waals surface area contributed by atoms with Crippen molar-refractivity contribution < 1.29 is 9.90 Å². The summed E-state index contributed by atoms with van der Waals surface area (Å²) in [6.45, 7) is 2.01. The fourth-order valence-electron chi connectivity index (χ4n) is 1.93. The molecule has 0 amide bonds. The molecule has 72 valence electrons. The van der Waals surface area contributed by atoms with Gasteiger partial charge in [-0.2, -0.15) is 0 Å². The third-order valence-electron chi connectivity index (χ3n) is 2.64. The lowest BCUT2D eigenvalue weighted by molar-refractivity contribution is -0.142. The highest BCUT2D eigenvalue weighted by atomic mass is 16.4. The molecule has 2 heteroatoms. The van der Waals surface area contributed by atoms with Crippen molar-refractivity contribution in [2.24, 2.45) is 11.8 Å². The van der Waals surface area contributed by atoms with Gasteiger partial charge in [0.1, 0.15) is 0 Å². The number of carboxylic acids is 1. The van der Waals surface area contributed by atoms with Gasteiger partial charge in [-0.05, 0) is 18.8 Å². The molecule has 1 fully saturated rings. The maximum atomic E-state index is 10.8. The van der Waals surface area contributed by atoms with Crippen molar-refractivity contribution in [1.29, 1.82) is 0 Å². The van der Waals surface area contributed by atoms with Gasteiger partial charge in [-0.3, -0.25) is 4.79 Å². The Morgan fingerprint density at radius 2 is 2.23 bits per heavy atom. The summed E-state index contributed by atoms with van der Waals surface area (Å²) in [6.07, 6.45) is 4.56. The summed E-state index contributed by atoms with van der Waals surface area (Å²) >= 11 is 0. The van der Waals surface area contributed by atoms with Gasteiger partial charge in [0.2, 0.25) is 0 Å². The van der Waals surface area contributed by atoms with E-state index < -0.39 is 5.97 Å². The minimum absolute atomic E-state index is 0.133. The van der Waals surface area contributed by atoms with Crippen LogP contribution in [0.4, 0.5) is 0 Å². The molecule has 0 aromatic heterocycles. The van der Waals surface area contributed by atoms with Crippen molar-refractivity contribution in [3.8, 4) is 11.8 Å². The Balaban J connectivity index is 2.44. The van der Waals surface area contributed by atoms with E-state index >= 15 is 0 Å². The minimum atomic E-state index is -0.638. The summed E-state index contributed by atoms with van der Waals surface area (Å²) in [7, 11) is 0. The molecule has 13 heavy (non-hydrogen) atoms. The van der Waals surface area contributed by atoms with E-state index in [0.717, 1.165) is 32.1 Å². The summed E-state index contributed by atoms with van der Waals surface area (Å²) in [6, 6.07) is 0. The Labute approximate surface area is 79.3 Å². The average Bonchev–Trinajstić information content (AvgIpc) is 2.53. The molecule has 0 aromatic carbocycles. The van der Waals surface area contributed by atoms with Crippen LogP contribution in [0.1, 0.15) is 39.0 Å². The maximum Gasteiger partial charge on any atom is 0.306 e. The lowest BCUT2D eigenvalue weighted by Gasteiger charge is -2.11. The fraction of sp³-hybridized carbons (Fsp3) is 0.727. The number of rotatable bonds is 2. The minimum Gasteiger partial charge on any atom is -0.481 e. The summed E-state index contributed by atoms with van der Waals surface area (Å²) in [4.78, 5) is 10.8. The number of hydrogen-bond donors (Lipinski definition) is 1. The van der Waals surface area contributed by atoms with Gasteiger partial charge in [-0.15, -0.1) is 11.8 Å². The van der Waals surface area contributed by atoms with Crippen LogP contribution in [0, 0.1) is 23.7 Å². The predicted octanol–water partition coefficient (Wildman–Crippen LogP) is 2.29. The molecule has 0 radical (unpaired) electrons. The van der Waals surface area contributed by atoms with E-state index in [1.54, 1.807) is 0 Å². The van der Waals surface area contributed by atoms with E-state index in [2.05, 4.69) is 11.8 Å². The van der Waals surface area contributed by atoms with E-state index in [1.165, 1.54) is 0 Å². The van der Waals surface area contributed by atoms with Crippen molar-refractivity contribution in [2.45, 2.75) is 39.0 Å². The summed E-state index contributed by atoms with van der Waals surface area (Å²) in [5.74, 6) is 5.57. The lowest BCUT2D eigenvalue weighted by Crippen LogP contribution is -2.17. The molecule has 2 nitrogen and oxygen atoms in total. The Kier molecular flexibility index (Phi) is 3.82. The molecule has 0 aliphatic heterocycles. The van der Waals surface area contributed by atoms with Gasteiger partial charge in [0.15, 0.2) is 0 Å². The molecule has 1 rings (SSSR count). The highest BCUT2D eigenvalue weighted by Crippen LogP contribution is 2.33. The van der Waals surface area contributed by atoms with Crippen LogP contribution in [-0.4, -0.2) is 11.1 Å². The Hall–Kier alpha value is -0.970. The molecular weight excluding hydrogens is 164 g/mol. The number of carbonyl (C=O) groups is 1. The van der Waals surface area contributed by atoms with Crippen LogP contribution in [0.15, 0.2) is 0 Å². The molecule has 0 heterocycles. The first-order valence-electron chi connectivity index (χ1n) is 4.94. The first-order chi connectivity index (χ1) is 6.25. The first-order valence-corrected chi connectivity index (χ1v) is 4.94. The van der Waals surface area contributed by atoms with Crippen LogP contribution in [0.5, 0.6) is 0 Å². The molecule has 1 aliphatic rings. The van der Waals surface area contributed by atoms with Gasteiger partial charge in [0.05, 0.1) is 5.92 Å². The smallest absolute Gasteiger partial charge is 0.306 e. The summed E-state index contributed by atoms with van der Waals surface area (Å²) in [5.41, 5.74) is 0. The molecule has 2 atom stereocenters. The quantitative estimate of drug-likeness (QED) is 0.662. The van der Waals surface area contributed by atoms with Crippen molar-refractivity contribution in [3.63, 3.8) is 0 Å². The van der Waals surface area contributed by atoms with Gasteiger partial charge in [-0.1, -0.05) is 13.3 Å². The Bertz CT molecular complexity index is 234. The van der Waals surface area contributed by atoms with Gasteiger partial charge in [0, 0.05) is 12.8 Å². The largest absolute Gasteiger partial charge is 0.481 e. The standard InChI is InChI=1S/C11H16O2/c1-2-3-4-6-9-7-5-8-10(9)11(12)13/h9-10H,2,5-8H2,1H3,(H,12,13). The maximum absolute atomic E-state index is 10.8. The highest BCUT2D eigenvalue weighted by molar-refractivity contribution is 5.70. The predicted molar refractivity (Wildman–Crippen MR) is 51.2 cm³/mol. The third kappa shape index (κ3) is 2.77. The van der Waals surface area contributed by atoms with Crippen molar-refractivity contribution in [1.82, 2.24) is 0 Å². The molecule has 1 N–H and O–H groups in total. The second-order valence-corrected chi connectivity index (χ2v) is 3.55. The SMILES string of the molecule is CCC#CCC1CCCC1C(=O)O. The summed E-state index contributed by atoms with van der Waals surface area (Å²) in [5, 5.41) is 8.89. The molecular formula is C11H16O2. The average molecular weight is 180 g/mol. The Morgan fingerprint density at radius 1 is 1.46 bits per heavy atom. The lowest BCUT2D eigenvalue weighted by atomic mass is 9.93. The zero-order chi connectivity index (χ0) is 9.68. The molecule has 0 spiro atoms. The molecule has 0 saturated heterocycles.